The highest BCUT2D eigenvalue weighted by Crippen LogP contribution is 2.38. The lowest BCUT2D eigenvalue weighted by atomic mass is 9.79. The lowest BCUT2D eigenvalue weighted by Gasteiger charge is -2.35. The summed E-state index contributed by atoms with van der Waals surface area (Å²) in [7, 11) is 0. The van der Waals surface area contributed by atoms with E-state index in [2.05, 4.69) is 0 Å². The molecule has 0 radical (unpaired) electrons. The number of nitrogen functional groups attached to an aromatic ring is 1. The molecule has 88 valence electrons. The van der Waals surface area contributed by atoms with Gasteiger partial charge >= 0.3 is 0 Å². The summed E-state index contributed by atoms with van der Waals surface area (Å²) < 4.78 is 0. The second-order valence-corrected chi connectivity index (χ2v) is 5.88. The molecule has 0 saturated carbocycles. The van der Waals surface area contributed by atoms with Crippen LogP contribution in [0.25, 0.3) is 0 Å². The minimum absolute atomic E-state index is 0.373. The standard InChI is InChI=1S/C13H19NOS/c1-13(15,11-6-8-16-9-7-11)10-2-4-12(14)5-3-10/h2-5,11,15H,6-9,14H2,1H3. The van der Waals surface area contributed by atoms with Gasteiger partial charge in [-0.25, -0.2) is 0 Å². The third-order valence-electron chi connectivity index (χ3n) is 3.51. The molecule has 3 heteroatoms. The van der Waals surface area contributed by atoms with Gasteiger partial charge in [0.15, 0.2) is 0 Å². The van der Waals surface area contributed by atoms with Crippen molar-refractivity contribution in [3.8, 4) is 0 Å². The van der Waals surface area contributed by atoms with E-state index in [0.29, 0.717) is 5.92 Å². The number of thioether (sulfide) groups is 1. The third kappa shape index (κ3) is 2.36. The molecule has 2 nitrogen and oxygen atoms in total. The molecule has 1 unspecified atom stereocenters. The molecule has 0 aromatic heterocycles. The monoisotopic (exact) mass is 237 g/mol. The van der Waals surface area contributed by atoms with Gasteiger partial charge in [-0.2, -0.15) is 11.8 Å². The lowest BCUT2D eigenvalue weighted by molar-refractivity contribution is -0.00961. The quantitative estimate of drug-likeness (QED) is 0.777. The van der Waals surface area contributed by atoms with Gasteiger partial charge in [0.25, 0.3) is 0 Å². The average Bonchev–Trinajstić information content (AvgIpc) is 2.31. The molecular formula is C13H19NOS. The van der Waals surface area contributed by atoms with Gasteiger partial charge in [-0.05, 0) is 54.9 Å². The second kappa shape index (κ2) is 4.68. The zero-order chi connectivity index (χ0) is 11.6. The molecule has 0 spiro atoms. The summed E-state index contributed by atoms with van der Waals surface area (Å²) in [6.45, 7) is 1.93. The first-order valence-corrected chi connectivity index (χ1v) is 6.92. The molecule has 1 heterocycles. The number of aliphatic hydroxyl groups is 1. The molecule has 1 aliphatic heterocycles. The molecular weight excluding hydrogens is 218 g/mol. The van der Waals surface area contributed by atoms with Gasteiger partial charge in [0.1, 0.15) is 0 Å². The van der Waals surface area contributed by atoms with Crippen LogP contribution >= 0.6 is 11.8 Å². The van der Waals surface area contributed by atoms with E-state index in [1.165, 1.54) is 0 Å². The van der Waals surface area contributed by atoms with Crippen LogP contribution in [-0.2, 0) is 5.60 Å². The Morgan fingerprint density at radius 1 is 1.25 bits per heavy atom. The highest BCUT2D eigenvalue weighted by Gasteiger charge is 2.34. The van der Waals surface area contributed by atoms with E-state index in [-0.39, 0.29) is 0 Å². The van der Waals surface area contributed by atoms with Crippen molar-refractivity contribution in [3.05, 3.63) is 29.8 Å². The maximum absolute atomic E-state index is 10.7. The van der Waals surface area contributed by atoms with Gasteiger partial charge in [0.2, 0.25) is 0 Å². The van der Waals surface area contributed by atoms with Gasteiger partial charge in [0, 0.05) is 5.69 Å². The topological polar surface area (TPSA) is 46.2 Å². The first-order chi connectivity index (χ1) is 7.60. The Kier molecular flexibility index (Phi) is 3.45. The summed E-state index contributed by atoms with van der Waals surface area (Å²) in [6, 6.07) is 7.61. The smallest absolute Gasteiger partial charge is 0.0897 e. The number of hydrogen-bond acceptors (Lipinski definition) is 3. The first kappa shape index (κ1) is 11.8. The number of anilines is 1. The van der Waals surface area contributed by atoms with Crippen molar-refractivity contribution in [2.45, 2.75) is 25.4 Å². The van der Waals surface area contributed by atoms with E-state index in [1.807, 2.05) is 43.0 Å². The van der Waals surface area contributed by atoms with Crippen LogP contribution in [0.5, 0.6) is 0 Å². The van der Waals surface area contributed by atoms with Crippen LogP contribution in [-0.4, -0.2) is 16.6 Å². The van der Waals surface area contributed by atoms with Crippen LogP contribution in [0.3, 0.4) is 0 Å². The molecule has 16 heavy (non-hydrogen) atoms. The Labute approximate surface area is 101 Å². The fourth-order valence-electron chi connectivity index (χ4n) is 2.32. The molecule has 1 atom stereocenters. The summed E-state index contributed by atoms with van der Waals surface area (Å²) in [6.07, 6.45) is 2.20. The van der Waals surface area contributed by atoms with Crippen LogP contribution in [0.4, 0.5) is 5.69 Å². The molecule has 1 aromatic rings. The Hall–Kier alpha value is -0.670. The number of nitrogens with two attached hydrogens (primary N) is 1. The van der Waals surface area contributed by atoms with Gasteiger partial charge < -0.3 is 10.8 Å². The Morgan fingerprint density at radius 2 is 1.81 bits per heavy atom. The van der Waals surface area contributed by atoms with E-state index in [4.69, 9.17) is 5.73 Å². The Bertz CT molecular complexity index is 341. The zero-order valence-electron chi connectivity index (χ0n) is 9.65. The summed E-state index contributed by atoms with van der Waals surface area (Å²) in [5.74, 6) is 2.70. The average molecular weight is 237 g/mol. The fourth-order valence-corrected chi connectivity index (χ4v) is 3.42. The largest absolute Gasteiger partial charge is 0.399 e. The van der Waals surface area contributed by atoms with Crippen molar-refractivity contribution in [1.82, 2.24) is 0 Å². The van der Waals surface area contributed by atoms with Gasteiger partial charge in [-0.15, -0.1) is 0 Å². The molecule has 0 aliphatic carbocycles. The minimum atomic E-state index is -0.714. The molecule has 3 N–H and O–H groups in total. The minimum Gasteiger partial charge on any atom is -0.399 e. The lowest BCUT2D eigenvalue weighted by Crippen LogP contribution is -2.34. The van der Waals surface area contributed by atoms with Crippen LogP contribution < -0.4 is 5.73 Å². The second-order valence-electron chi connectivity index (χ2n) is 4.66. The van der Waals surface area contributed by atoms with E-state index in [0.717, 1.165) is 35.6 Å². The van der Waals surface area contributed by atoms with E-state index >= 15 is 0 Å². The summed E-state index contributed by atoms with van der Waals surface area (Å²) in [4.78, 5) is 0. The fraction of sp³-hybridized carbons (Fsp3) is 0.538. The molecule has 0 amide bonds. The van der Waals surface area contributed by atoms with E-state index < -0.39 is 5.60 Å². The van der Waals surface area contributed by atoms with Gasteiger partial charge in [-0.1, -0.05) is 12.1 Å². The summed E-state index contributed by atoms with van der Waals surface area (Å²) in [5, 5.41) is 10.7. The first-order valence-electron chi connectivity index (χ1n) is 5.77. The van der Waals surface area contributed by atoms with Crippen LogP contribution in [0.15, 0.2) is 24.3 Å². The van der Waals surface area contributed by atoms with Crippen molar-refractivity contribution in [1.29, 1.82) is 0 Å². The van der Waals surface area contributed by atoms with Crippen molar-refractivity contribution in [2.24, 2.45) is 5.92 Å². The van der Waals surface area contributed by atoms with Crippen LogP contribution in [0.2, 0.25) is 0 Å². The molecule has 1 aliphatic rings. The predicted molar refractivity (Wildman–Crippen MR) is 70.5 cm³/mol. The molecule has 1 aromatic carbocycles. The highest BCUT2D eigenvalue weighted by atomic mass is 32.2. The van der Waals surface area contributed by atoms with Gasteiger partial charge in [-0.3, -0.25) is 0 Å². The Morgan fingerprint density at radius 3 is 2.38 bits per heavy atom. The molecule has 0 bridgehead atoms. The van der Waals surface area contributed by atoms with Crippen molar-refractivity contribution in [2.75, 3.05) is 17.2 Å². The van der Waals surface area contributed by atoms with Gasteiger partial charge in [0.05, 0.1) is 5.60 Å². The van der Waals surface area contributed by atoms with Crippen molar-refractivity contribution in [3.63, 3.8) is 0 Å². The van der Waals surface area contributed by atoms with Crippen LogP contribution in [0, 0.1) is 5.92 Å². The molecule has 1 saturated heterocycles. The molecule has 2 rings (SSSR count). The summed E-state index contributed by atoms with van der Waals surface area (Å²) >= 11 is 1.98. The number of hydrogen-bond donors (Lipinski definition) is 2. The maximum Gasteiger partial charge on any atom is 0.0897 e. The maximum atomic E-state index is 10.7. The SMILES string of the molecule is CC(O)(c1ccc(N)cc1)C1CCSCC1. The summed E-state index contributed by atoms with van der Waals surface area (Å²) in [5.41, 5.74) is 6.68. The molecule has 1 fully saturated rings. The number of benzene rings is 1. The Balaban J connectivity index is 2.19. The highest BCUT2D eigenvalue weighted by molar-refractivity contribution is 7.99. The zero-order valence-corrected chi connectivity index (χ0v) is 10.5. The van der Waals surface area contributed by atoms with Crippen molar-refractivity contribution >= 4 is 17.4 Å². The number of rotatable bonds is 2. The van der Waals surface area contributed by atoms with Crippen LogP contribution in [0.1, 0.15) is 25.3 Å². The normalized spacial score (nSPS) is 21.6. The van der Waals surface area contributed by atoms with Crippen molar-refractivity contribution < 1.29 is 5.11 Å². The predicted octanol–water partition coefficient (Wildman–Crippen LogP) is 2.62. The van der Waals surface area contributed by atoms with E-state index in [9.17, 15) is 5.11 Å². The van der Waals surface area contributed by atoms with E-state index in [1.54, 1.807) is 0 Å². The third-order valence-corrected chi connectivity index (χ3v) is 4.56.